The summed E-state index contributed by atoms with van der Waals surface area (Å²) in [4.78, 5) is 23.4. The van der Waals surface area contributed by atoms with Gasteiger partial charge in [0.2, 0.25) is 5.91 Å². The first-order valence-electron chi connectivity index (χ1n) is 6.89. The number of hydrazone groups is 1. The normalized spacial score (nSPS) is 15.4. The van der Waals surface area contributed by atoms with E-state index in [4.69, 9.17) is 16.3 Å². The Morgan fingerprint density at radius 3 is 2.90 bits per heavy atom. The van der Waals surface area contributed by atoms with Crippen molar-refractivity contribution in [1.29, 1.82) is 0 Å². The monoisotopic (exact) mass is 308 g/mol. The molecule has 0 radical (unpaired) electrons. The smallest absolute Gasteiger partial charge is 0.311 e. The van der Waals surface area contributed by atoms with Crippen LogP contribution in [0.3, 0.4) is 0 Å². The van der Waals surface area contributed by atoms with Crippen LogP contribution in [0.1, 0.15) is 31.7 Å². The fourth-order valence-electron chi connectivity index (χ4n) is 2.10. The summed E-state index contributed by atoms with van der Waals surface area (Å²) in [6.45, 7) is 2.63. The molecule has 1 aliphatic rings. The summed E-state index contributed by atoms with van der Waals surface area (Å²) < 4.78 is 4.96. The second-order valence-corrected chi connectivity index (χ2v) is 5.10. The van der Waals surface area contributed by atoms with Crippen molar-refractivity contribution in [2.75, 3.05) is 13.2 Å². The highest BCUT2D eigenvalue weighted by molar-refractivity contribution is 6.31. The molecule has 1 aliphatic heterocycles. The Hall–Kier alpha value is -1.88. The van der Waals surface area contributed by atoms with Crippen molar-refractivity contribution < 1.29 is 14.3 Å². The molecular weight excluding hydrogens is 292 g/mol. The van der Waals surface area contributed by atoms with Crippen LogP contribution in [0.4, 0.5) is 0 Å². The molecule has 0 atom stereocenters. The second kappa shape index (κ2) is 7.22. The molecule has 1 amide bonds. The van der Waals surface area contributed by atoms with Crippen molar-refractivity contribution >= 4 is 29.2 Å². The lowest BCUT2D eigenvalue weighted by Gasteiger charge is -2.13. The number of nitrogens with zero attached hydrogens (tertiary/aromatic N) is 2. The minimum atomic E-state index is -0.372. The summed E-state index contributed by atoms with van der Waals surface area (Å²) in [5, 5.41) is 6.30. The van der Waals surface area contributed by atoms with Crippen LogP contribution in [0.25, 0.3) is 0 Å². The topological polar surface area (TPSA) is 59.0 Å². The fourth-order valence-corrected chi connectivity index (χ4v) is 2.29. The molecule has 1 aromatic carbocycles. The molecule has 0 aromatic heterocycles. The van der Waals surface area contributed by atoms with Crippen LogP contribution >= 0.6 is 11.6 Å². The Morgan fingerprint density at radius 2 is 2.29 bits per heavy atom. The molecule has 0 spiro atoms. The quantitative estimate of drug-likeness (QED) is 0.620. The summed E-state index contributed by atoms with van der Waals surface area (Å²) in [6, 6.07) is 7.06. The first-order valence-corrected chi connectivity index (χ1v) is 7.27. The molecule has 0 unspecified atom stereocenters. The first-order chi connectivity index (χ1) is 10.1. The van der Waals surface area contributed by atoms with Gasteiger partial charge in [-0.05, 0) is 31.0 Å². The standard InChI is InChI=1S/C15H17ClN2O3/c1-2-21-15(20)10-13(11-5-3-6-12(16)9-11)17-18-8-4-7-14(18)19/h3,5-6,9H,2,4,7-8,10H2,1H3/b17-13-. The number of rotatable bonds is 5. The predicted octanol–water partition coefficient (Wildman–Crippen LogP) is 2.62. The highest BCUT2D eigenvalue weighted by atomic mass is 35.5. The molecule has 1 heterocycles. The summed E-state index contributed by atoms with van der Waals surface area (Å²) in [5.74, 6) is -0.402. The predicted molar refractivity (Wildman–Crippen MR) is 80.2 cm³/mol. The van der Waals surface area contributed by atoms with Gasteiger partial charge in [-0.3, -0.25) is 9.59 Å². The van der Waals surface area contributed by atoms with Gasteiger partial charge in [0, 0.05) is 18.0 Å². The Bertz CT molecular complexity index is 572. The molecule has 0 N–H and O–H groups in total. The van der Waals surface area contributed by atoms with E-state index in [0.29, 0.717) is 30.3 Å². The average molecular weight is 309 g/mol. The lowest BCUT2D eigenvalue weighted by molar-refractivity contribution is -0.141. The molecule has 21 heavy (non-hydrogen) atoms. The Balaban J connectivity index is 2.27. The molecular formula is C15H17ClN2O3. The lowest BCUT2D eigenvalue weighted by atomic mass is 10.1. The number of hydrogen-bond acceptors (Lipinski definition) is 4. The minimum absolute atomic E-state index is 0.0119. The van der Waals surface area contributed by atoms with Gasteiger partial charge in [0.15, 0.2) is 0 Å². The molecule has 0 aliphatic carbocycles. The van der Waals surface area contributed by atoms with E-state index in [-0.39, 0.29) is 18.3 Å². The summed E-state index contributed by atoms with van der Waals surface area (Å²) in [6.07, 6.45) is 1.29. The number of hydrogen-bond donors (Lipinski definition) is 0. The van der Waals surface area contributed by atoms with Gasteiger partial charge in [0.05, 0.1) is 18.7 Å². The second-order valence-electron chi connectivity index (χ2n) is 4.66. The number of carbonyl (C=O) groups is 2. The third-order valence-corrected chi connectivity index (χ3v) is 3.30. The number of benzene rings is 1. The first kappa shape index (κ1) is 15.5. The number of esters is 1. The molecule has 0 bridgehead atoms. The fraction of sp³-hybridized carbons (Fsp3) is 0.400. The zero-order valence-corrected chi connectivity index (χ0v) is 12.6. The van der Waals surface area contributed by atoms with Crippen molar-refractivity contribution in [1.82, 2.24) is 5.01 Å². The maximum atomic E-state index is 11.7. The van der Waals surface area contributed by atoms with Crippen molar-refractivity contribution in [3.05, 3.63) is 34.9 Å². The van der Waals surface area contributed by atoms with Crippen LogP contribution in [0.2, 0.25) is 5.02 Å². The van der Waals surface area contributed by atoms with E-state index in [9.17, 15) is 9.59 Å². The van der Waals surface area contributed by atoms with E-state index in [1.165, 1.54) is 5.01 Å². The lowest BCUT2D eigenvalue weighted by Crippen LogP contribution is -2.22. The third kappa shape index (κ3) is 4.29. The highest BCUT2D eigenvalue weighted by Crippen LogP contribution is 2.16. The van der Waals surface area contributed by atoms with Crippen LogP contribution in [0, 0.1) is 0 Å². The number of amides is 1. The molecule has 1 saturated heterocycles. The minimum Gasteiger partial charge on any atom is -0.466 e. The molecule has 0 saturated carbocycles. The maximum absolute atomic E-state index is 11.7. The number of halogens is 1. The SMILES string of the molecule is CCOC(=O)C/C(=N/N1CCCC1=O)c1cccc(Cl)c1. The zero-order chi connectivity index (χ0) is 15.2. The van der Waals surface area contributed by atoms with Gasteiger partial charge < -0.3 is 4.74 Å². The van der Waals surface area contributed by atoms with E-state index >= 15 is 0 Å². The molecule has 1 aromatic rings. The molecule has 2 rings (SSSR count). The van der Waals surface area contributed by atoms with Gasteiger partial charge in [0.1, 0.15) is 0 Å². The Morgan fingerprint density at radius 1 is 1.48 bits per heavy atom. The molecule has 6 heteroatoms. The Kier molecular flexibility index (Phi) is 5.33. The largest absolute Gasteiger partial charge is 0.466 e. The van der Waals surface area contributed by atoms with Gasteiger partial charge in [-0.2, -0.15) is 5.10 Å². The van der Waals surface area contributed by atoms with Crippen molar-refractivity contribution in [2.24, 2.45) is 5.10 Å². The summed E-state index contributed by atoms with van der Waals surface area (Å²) >= 11 is 5.98. The molecule has 5 nitrogen and oxygen atoms in total. The van der Waals surface area contributed by atoms with Crippen molar-refractivity contribution in [3.63, 3.8) is 0 Å². The molecule has 112 valence electrons. The number of ether oxygens (including phenoxy) is 1. The van der Waals surface area contributed by atoms with E-state index in [1.54, 1.807) is 25.1 Å². The summed E-state index contributed by atoms with van der Waals surface area (Å²) in [5.41, 5.74) is 1.21. The van der Waals surface area contributed by atoms with Crippen LogP contribution in [-0.2, 0) is 14.3 Å². The van der Waals surface area contributed by atoms with Gasteiger partial charge in [-0.25, -0.2) is 5.01 Å². The van der Waals surface area contributed by atoms with E-state index in [1.807, 2.05) is 6.07 Å². The number of carbonyl (C=O) groups excluding carboxylic acids is 2. The highest BCUT2D eigenvalue weighted by Gasteiger charge is 2.21. The van der Waals surface area contributed by atoms with Crippen LogP contribution in [0.15, 0.2) is 29.4 Å². The van der Waals surface area contributed by atoms with Gasteiger partial charge >= 0.3 is 5.97 Å². The average Bonchev–Trinajstić information content (AvgIpc) is 2.84. The zero-order valence-electron chi connectivity index (χ0n) is 11.8. The Labute approximate surface area is 128 Å². The third-order valence-electron chi connectivity index (χ3n) is 3.06. The van der Waals surface area contributed by atoms with Gasteiger partial charge in [-0.15, -0.1) is 0 Å². The van der Waals surface area contributed by atoms with Gasteiger partial charge in [0.25, 0.3) is 0 Å². The van der Waals surface area contributed by atoms with Crippen LogP contribution < -0.4 is 0 Å². The molecule has 1 fully saturated rings. The summed E-state index contributed by atoms with van der Waals surface area (Å²) in [7, 11) is 0. The van der Waals surface area contributed by atoms with E-state index in [2.05, 4.69) is 5.10 Å². The van der Waals surface area contributed by atoms with E-state index in [0.717, 1.165) is 12.0 Å². The maximum Gasteiger partial charge on any atom is 0.311 e. The van der Waals surface area contributed by atoms with Gasteiger partial charge in [-0.1, -0.05) is 23.7 Å². The van der Waals surface area contributed by atoms with Crippen LogP contribution in [-0.4, -0.2) is 35.7 Å². The van der Waals surface area contributed by atoms with Crippen molar-refractivity contribution in [2.45, 2.75) is 26.2 Å². The van der Waals surface area contributed by atoms with Crippen molar-refractivity contribution in [3.8, 4) is 0 Å². The van der Waals surface area contributed by atoms with E-state index < -0.39 is 0 Å². The van der Waals surface area contributed by atoms with Crippen LogP contribution in [0.5, 0.6) is 0 Å².